The standard InChI is InChI=1S/C26H28O13/c1-9-19(31)22(34)23(35)26(37-9)39-25-20(32)14(30)8-36-24(25)18-13(29)7-16-17(21(18)33)12(28)6-15(38-16)10-2-4-11(27)5-3-10/h2-7,9,14,19-20,22-27,29-35H,8H2,1H3/t9?,14-,19+,20+,22+,23?,24+,25?,26+/m1/s1. The van der Waals surface area contributed by atoms with Gasteiger partial charge in [0.1, 0.15) is 76.7 Å². The minimum absolute atomic E-state index is 0.00432. The summed E-state index contributed by atoms with van der Waals surface area (Å²) in [6.07, 6.45) is -13.6. The van der Waals surface area contributed by atoms with Crippen LogP contribution in [-0.2, 0) is 14.2 Å². The molecule has 2 saturated heterocycles. The summed E-state index contributed by atoms with van der Waals surface area (Å²) in [5.41, 5.74) is -0.759. The zero-order valence-electron chi connectivity index (χ0n) is 20.5. The number of hydrogen-bond acceptors (Lipinski definition) is 13. The number of aliphatic hydroxyl groups is 5. The van der Waals surface area contributed by atoms with E-state index < -0.39 is 78.7 Å². The van der Waals surface area contributed by atoms with Crippen molar-refractivity contribution < 1.29 is 59.5 Å². The third-order valence-corrected chi connectivity index (χ3v) is 7.02. The molecule has 0 spiro atoms. The molecule has 2 aliphatic rings. The van der Waals surface area contributed by atoms with Gasteiger partial charge in [-0.3, -0.25) is 4.79 Å². The molecule has 8 N–H and O–H groups in total. The van der Waals surface area contributed by atoms with Gasteiger partial charge in [-0.15, -0.1) is 0 Å². The van der Waals surface area contributed by atoms with E-state index in [2.05, 4.69) is 0 Å². The number of ether oxygens (including phenoxy) is 3. The molecule has 1 aromatic heterocycles. The van der Waals surface area contributed by atoms with Gasteiger partial charge in [0.15, 0.2) is 11.7 Å². The largest absolute Gasteiger partial charge is 0.508 e. The molecule has 0 saturated carbocycles. The predicted octanol–water partition coefficient (Wildman–Crippen LogP) is -0.417. The second-order valence-electron chi connectivity index (χ2n) is 9.65. The van der Waals surface area contributed by atoms with Crippen molar-refractivity contribution in [2.24, 2.45) is 0 Å². The molecule has 2 fully saturated rings. The lowest BCUT2D eigenvalue weighted by atomic mass is 9.91. The maximum Gasteiger partial charge on any atom is 0.197 e. The van der Waals surface area contributed by atoms with Crippen LogP contribution in [-0.4, -0.2) is 96.5 Å². The van der Waals surface area contributed by atoms with E-state index in [1.54, 1.807) is 0 Å². The van der Waals surface area contributed by atoms with Crippen LogP contribution >= 0.6 is 0 Å². The summed E-state index contributed by atoms with van der Waals surface area (Å²) in [7, 11) is 0. The van der Waals surface area contributed by atoms with Crippen LogP contribution in [0.3, 0.4) is 0 Å². The number of fused-ring (bicyclic) bond motifs is 1. The maximum absolute atomic E-state index is 13.1. The van der Waals surface area contributed by atoms with Crippen LogP contribution in [0.15, 0.2) is 45.6 Å². The summed E-state index contributed by atoms with van der Waals surface area (Å²) < 4.78 is 22.5. The second kappa shape index (κ2) is 10.4. The molecule has 2 aliphatic heterocycles. The van der Waals surface area contributed by atoms with E-state index in [0.717, 1.165) is 12.1 Å². The Kier molecular flexibility index (Phi) is 7.26. The molecule has 3 aromatic rings. The lowest BCUT2D eigenvalue weighted by Crippen LogP contribution is -2.60. The van der Waals surface area contributed by atoms with Gasteiger partial charge in [-0.05, 0) is 31.2 Å². The van der Waals surface area contributed by atoms with Crippen molar-refractivity contribution in [3.8, 4) is 28.6 Å². The number of hydrogen-bond donors (Lipinski definition) is 8. The SMILES string of the molecule is CC1O[C@@H](OC2[C@@H](O)[C@H](O)CO[C@H]2c2c(O)cc3oc(-c4ccc(O)cc4)cc(=O)c3c2O)C(O)[C@@H](O)[C@H]1O. The monoisotopic (exact) mass is 548 g/mol. The number of phenols is 3. The van der Waals surface area contributed by atoms with Crippen molar-refractivity contribution in [1.29, 1.82) is 0 Å². The van der Waals surface area contributed by atoms with Crippen LogP contribution in [0, 0.1) is 0 Å². The van der Waals surface area contributed by atoms with Gasteiger partial charge in [-0.25, -0.2) is 0 Å². The number of rotatable bonds is 4. The Labute approximate surface area is 220 Å². The molecule has 5 rings (SSSR count). The van der Waals surface area contributed by atoms with E-state index in [4.69, 9.17) is 18.6 Å². The van der Waals surface area contributed by atoms with Crippen molar-refractivity contribution >= 4 is 11.0 Å². The summed E-state index contributed by atoms with van der Waals surface area (Å²) in [5, 5.41) is 82.6. The fourth-order valence-corrected chi connectivity index (χ4v) is 4.83. The normalized spacial score (nSPS) is 33.3. The van der Waals surface area contributed by atoms with Crippen LogP contribution in [0.1, 0.15) is 18.6 Å². The topological polar surface area (TPSA) is 220 Å². The van der Waals surface area contributed by atoms with Crippen LogP contribution in [0.2, 0.25) is 0 Å². The smallest absolute Gasteiger partial charge is 0.197 e. The van der Waals surface area contributed by atoms with Crippen LogP contribution in [0.25, 0.3) is 22.3 Å². The summed E-state index contributed by atoms with van der Waals surface area (Å²) in [6, 6.07) is 8.00. The number of aromatic hydroxyl groups is 3. The minimum Gasteiger partial charge on any atom is -0.508 e. The van der Waals surface area contributed by atoms with Crippen LogP contribution in [0.4, 0.5) is 0 Å². The first-order valence-electron chi connectivity index (χ1n) is 12.1. The summed E-state index contributed by atoms with van der Waals surface area (Å²) in [4.78, 5) is 13.1. The zero-order chi connectivity index (χ0) is 28.2. The van der Waals surface area contributed by atoms with E-state index in [9.17, 15) is 45.6 Å². The van der Waals surface area contributed by atoms with Gasteiger partial charge in [0.25, 0.3) is 0 Å². The molecule has 39 heavy (non-hydrogen) atoms. The molecule has 0 bridgehead atoms. The van der Waals surface area contributed by atoms with Crippen molar-refractivity contribution in [1.82, 2.24) is 0 Å². The van der Waals surface area contributed by atoms with Gasteiger partial charge in [-0.1, -0.05) is 0 Å². The molecular formula is C26H28O13. The van der Waals surface area contributed by atoms with Crippen molar-refractivity contribution in [2.75, 3.05) is 6.61 Å². The third-order valence-electron chi connectivity index (χ3n) is 7.02. The first kappa shape index (κ1) is 27.3. The first-order valence-corrected chi connectivity index (χ1v) is 12.1. The Morgan fingerprint density at radius 1 is 0.897 bits per heavy atom. The number of phenolic OH excluding ortho intramolecular Hbond substituents is 3. The maximum atomic E-state index is 13.1. The number of aliphatic hydroxyl groups excluding tert-OH is 5. The fraction of sp³-hybridized carbons (Fsp3) is 0.423. The van der Waals surface area contributed by atoms with E-state index in [1.165, 1.54) is 31.2 Å². The van der Waals surface area contributed by atoms with Gasteiger partial charge in [0.2, 0.25) is 0 Å². The first-order chi connectivity index (χ1) is 18.5. The molecule has 13 heteroatoms. The van der Waals surface area contributed by atoms with Crippen molar-refractivity contribution in [2.45, 2.75) is 62.0 Å². The third kappa shape index (κ3) is 4.83. The van der Waals surface area contributed by atoms with E-state index >= 15 is 0 Å². The summed E-state index contributed by atoms with van der Waals surface area (Å²) >= 11 is 0. The molecule has 3 heterocycles. The van der Waals surface area contributed by atoms with Gasteiger partial charge in [-0.2, -0.15) is 0 Å². The van der Waals surface area contributed by atoms with Crippen molar-refractivity contribution in [3.05, 3.63) is 52.2 Å². The highest BCUT2D eigenvalue weighted by atomic mass is 16.7. The van der Waals surface area contributed by atoms with Gasteiger partial charge in [0.05, 0.1) is 18.3 Å². The molecule has 13 nitrogen and oxygen atoms in total. The van der Waals surface area contributed by atoms with E-state index in [-0.39, 0.29) is 28.0 Å². The Morgan fingerprint density at radius 3 is 2.28 bits per heavy atom. The minimum atomic E-state index is -1.76. The molecule has 9 atom stereocenters. The Bertz CT molecular complexity index is 1400. The molecule has 3 unspecified atom stereocenters. The molecule has 0 aliphatic carbocycles. The Morgan fingerprint density at radius 2 is 1.59 bits per heavy atom. The average molecular weight is 548 g/mol. The van der Waals surface area contributed by atoms with E-state index in [1.807, 2.05) is 0 Å². The van der Waals surface area contributed by atoms with Gasteiger partial charge in [0, 0.05) is 17.7 Å². The molecule has 2 aromatic carbocycles. The fourth-order valence-electron chi connectivity index (χ4n) is 4.83. The highest BCUT2D eigenvalue weighted by molar-refractivity contribution is 5.88. The highest BCUT2D eigenvalue weighted by Crippen LogP contribution is 2.45. The van der Waals surface area contributed by atoms with Crippen LogP contribution in [0.5, 0.6) is 17.2 Å². The summed E-state index contributed by atoms with van der Waals surface area (Å²) in [6.45, 7) is 0.978. The zero-order valence-corrected chi connectivity index (χ0v) is 20.5. The van der Waals surface area contributed by atoms with Gasteiger partial charge >= 0.3 is 0 Å². The lowest BCUT2D eigenvalue weighted by molar-refractivity contribution is -0.331. The number of benzene rings is 2. The summed E-state index contributed by atoms with van der Waals surface area (Å²) in [5.74, 6) is -1.22. The average Bonchev–Trinajstić information content (AvgIpc) is 2.89. The van der Waals surface area contributed by atoms with Crippen LogP contribution < -0.4 is 5.43 Å². The second-order valence-corrected chi connectivity index (χ2v) is 9.65. The lowest BCUT2D eigenvalue weighted by Gasteiger charge is -2.44. The molecule has 210 valence electrons. The van der Waals surface area contributed by atoms with Crippen molar-refractivity contribution in [3.63, 3.8) is 0 Å². The molecular weight excluding hydrogens is 520 g/mol. The highest BCUT2D eigenvalue weighted by Gasteiger charge is 2.49. The molecule has 0 amide bonds. The Balaban J connectivity index is 1.55. The molecule has 0 radical (unpaired) electrons. The van der Waals surface area contributed by atoms with E-state index in [0.29, 0.717) is 5.56 Å². The quantitative estimate of drug-likeness (QED) is 0.208. The Hall–Kier alpha value is -3.27. The predicted molar refractivity (Wildman–Crippen MR) is 131 cm³/mol. The van der Waals surface area contributed by atoms with Gasteiger partial charge < -0.3 is 59.5 Å².